The lowest BCUT2D eigenvalue weighted by molar-refractivity contribution is 0.385. The van der Waals surface area contributed by atoms with E-state index in [0.717, 1.165) is 6.42 Å². The van der Waals surface area contributed by atoms with Crippen LogP contribution in [0.15, 0.2) is 0 Å². The zero-order chi connectivity index (χ0) is 8.20. The van der Waals surface area contributed by atoms with Crippen LogP contribution in [-0.4, -0.2) is 12.9 Å². The highest BCUT2D eigenvalue weighted by atomic mass is 35.5. The first-order chi connectivity index (χ1) is 4.45. The van der Waals surface area contributed by atoms with Gasteiger partial charge in [0.15, 0.2) is 5.90 Å². The van der Waals surface area contributed by atoms with E-state index in [-0.39, 0.29) is 18.3 Å². The minimum absolute atomic E-state index is 0. The molecule has 0 fully saturated rings. The molecule has 0 amide bonds. The van der Waals surface area contributed by atoms with E-state index in [9.17, 15) is 0 Å². The Kier molecular flexibility index (Phi) is 3.90. The summed E-state index contributed by atoms with van der Waals surface area (Å²) in [6.07, 6.45) is 1.12. The monoisotopic (exact) mass is 140 g/mol. The molecule has 0 radical (unpaired) electrons. The summed E-state index contributed by atoms with van der Waals surface area (Å²) < 4.78 is 24.1. The smallest absolute Gasteiger partial charge is 0.179 e. The van der Waals surface area contributed by atoms with Crippen molar-refractivity contribution in [3.63, 3.8) is 0 Å². The van der Waals surface area contributed by atoms with E-state index >= 15 is 0 Å². The molecule has 3 heteroatoms. The van der Waals surface area contributed by atoms with Crippen molar-refractivity contribution in [1.29, 1.82) is 5.41 Å². The Morgan fingerprint density at radius 1 is 1.88 bits per heavy atom. The first kappa shape index (κ1) is 4.62. The minimum atomic E-state index is -2.45. The Balaban J connectivity index is 0. The fourth-order valence-electron chi connectivity index (χ4n) is 0.278. The maximum Gasteiger partial charge on any atom is 0.179 e. The molecule has 2 nitrogen and oxygen atoms in total. The lowest BCUT2D eigenvalue weighted by Crippen LogP contribution is -1.96. The van der Waals surface area contributed by atoms with Gasteiger partial charge in [-0.3, -0.25) is 5.41 Å². The van der Waals surface area contributed by atoms with Gasteiger partial charge in [0.2, 0.25) is 0 Å². The van der Waals surface area contributed by atoms with Crippen molar-refractivity contribution >= 4 is 18.3 Å². The topological polar surface area (TPSA) is 33.1 Å². The van der Waals surface area contributed by atoms with Crippen LogP contribution < -0.4 is 0 Å². The van der Waals surface area contributed by atoms with Crippen LogP contribution in [-0.2, 0) is 4.74 Å². The van der Waals surface area contributed by atoms with E-state index in [1.807, 2.05) is 6.92 Å². The first-order valence-electron chi connectivity index (χ1n) is 3.72. The molecule has 0 aliphatic carbocycles. The maximum absolute atomic E-state index is 6.96. The minimum Gasteiger partial charge on any atom is -0.484 e. The Morgan fingerprint density at radius 2 is 2.50 bits per heavy atom. The van der Waals surface area contributed by atoms with Gasteiger partial charge < -0.3 is 4.74 Å². The van der Waals surface area contributed by atoms with Crippen LogP contribution in [0, 0.1) is 5.41 Å². The molecule has 1 N–H and O–H groups in total. The van der Waals surface area contributed by atoms with Crippen LogP contribution in [0.2, 0.25) is 0 Å². The van der Waals surface area contributed by atoms with Gasteiger partial charge in [-0.05, 0) is 6.42 Å². The fourth-order valence-corrected chi connectivity index (χ4v) is 0.278. The number of rotatable bonds is 2. The summed E-state index contributed by atoms with van der Waals surface area (Å²) in [4.78, 5) is 0. The highest BCUT2D eigenvalue weighted by molar-refractivity contribution is 5.85. The van der Waals surface area contributed by atoms with Crippen molar-refractivity contribution in [2.45, 2.75) is 19.8 Å². The summed E-state index contributed by atoms with van der Waals surface area (Å²) in [5.41, 5.74) is 0. The quantitative estimate of drug-likeness (QED) is 0.461. The van der Waals surface area contributed by atoms with E-state index in [2.05, 4.69) is 4.74 Å². The Hall–Kier alpha value is -0.240. The third-order valence-corrected chi connectivity index (χ3v) is 0.600. The fraction of sp³-hybridized carbons (Fsp3) is 0.800. The van der Waals surface area contributed by atoms with Crippen molar-refractivity contribution in [2.24, 2.45) is 0 Å². The maximum atomic E-state index is 6.96. The molecule has 0 aliphatic rings. The molecule has 0 aromatic carbocycles. The highest BCUT2D eigenvalue weighted by Gasteiger charge is 1.87. The van der Waals surface area contributed by atoms with Crippen molar-refractivity contribution in [3.8, 4) is 0 Å². The Bertz CT molecular complexity index is 125. The van der Waals surface area contributed by atoms with E-state index in [0.29, 0.717) is 6.42 Å². The van der Waals surface area contributed by atoms with Gasteiger partial charge in [0.1, 0.15) is 0 Å². The number of nitrogens with one attached hydrogen (secondary N) is 1. The molecule has 0 bridgehead atoms. The molecule has 0 heterocycles. The molecule has 0 saturated carbocycles. The second-order valence-corrected chi connectivity index (χ2v) is 1.28. The van der Waals surface area contributed by atoms with Gasteiger partial charge in [0.05, 0.1) is 11.2 Å². The molecule has 0 unspecified atom stereocenters. The van der Waals surface area contributed by atoms with Crippen LogP contribution >= 0.6 is 12.4 Å². The largest absolute Gasteiger partial charge is 0.484 e. The lowest BCUT2D eigenvalue weighted by atomic mass is 10.3. The molecular formula is C5H12ClNO. The molecule has 0 aromatic rings. The zero-order valence-electron chi connectivity index (χ0n) is 7.73. The van der Waals surface area contributed by atoms with Gasteiger partial charge in [-0.25, -0.2) is 0 Å². The second-order valence-electron chi connectivity index (χ2n) is 1.28. The number of hydrogen-bond acceptors (Lipinski definition) is 2. The third kappa shape index (κ3) is 5.76. The van der Waals surface area contributed by atoms with Crippen molar-refractivity contribution < 1.29 is 8.85 Å². The molecule has 0 aliphatic heterocycles. The van der Waals surface area contributed by atoms with E-state index < -0.39 is 7.04 Å². The molecule has 0 rings (SSSR count). The Labute approximate surface area is 60.4 Å². The van der Waals surface area contributed by atoms with Crippen LogP contribution in [0.1, 0.15) is 23.9 Å². The molecule has 8 heavy (non-hydrogen) atoms. The lowest BCUT2D eigenvalue weighted by Gasteiger charge is -1.95. The van der Waals surface area contributed by atoms with Gasteiger partial charge in [0.25, 0.3) is 0 Å². The average molecular weight is 141 g/mol. The number of halogens is 1. The van der Waals surface area contributed by atoms with Gasteiger partial charge in [0, 0.05) is 6.42 Å². The summed E-state index contributed by atoms with van der Waals surface area (Å²) in [7, 11) is -2.45. The normalized spacial score (nSPS) is 14.4. The standard InChI is InChI=1S/C5H11NO.ClH/c1-3-4-5(6)7-2;/h6H,3-4H2,1-2H3;1H/i2D3;. The van der Waals surface area contributed by atoms with Crippen molar-refractivity contribution in [2.75, 3.05) is 7.04 Å². The van der Waals surface area contributed by atoms with Crippen LogP contribution in [0.25, 0.3) is 0 Å². The predicted molar refractivity (Wildman–Crippen MR) is 36.9 cm³/mol. The molecular weight excluding hydrogens is 126 g/mol. The van der Waals surface area contributed by atoms with E-state index in [1.54, 1.807) is 0 Å². The molecule has 50 valence electrons. The van der Waals surface area contributed by atoms with Gasteiger partial charge in [-0.15, -0.1) is 12.4 Å². The number of hydrogen-bond donors (Lipinski definition) is 1. The average Bonchev–Trinajstić information content (AvgIpc) is 1.59. The zero-order valence-corrected chi connectivity index (χ0v) is 5.55. The summed E-state index contributed by atoms with van der Waals surface area (Å²) >= 11 is 0. The summed E-state index contributed by atoms with van der Waals surface area (Å²) in [6.45, 7) is 1.86. The van der Waals surface area contributed by atoms with Gasteiger partial charge in [-0.1, -0.05) is 6.92 Å². The molecule has 0 saturated heterocycles. The third-order valence-electron chi connectivity index (χ3n) is 0.600. The summed E-state index contributed by atoms with van der Waals surface area (Å²) in [5.74, 6) is -0.164. The second kappa shape index (κ2) is 6.76. The molecule has 0 aromatic heterocycles. The SMILES string of the molecule is Cl.[2H]C([2H])([2H])OC(=N)CCC. The Morgan fingerprint density at radius 3 is 2.88 bits per heavy atom. The summed E-state index contributed by atoms with van der Waals surface area (Å²) in [6, 6.07) is 0. The van der Waals surface area contributed by atoms with Crippen LogP contribution in [0.5, 0.6) is 0 Å². The van der Waals surface area contributed by atoms with Crippen LogP contribution in [0.3, 0.4) is 0 Å². The van der Waals surface area contributed by atoms with Crippen LogP contribution in [0.4, 0.5) is 0 Å². The number of methoxy groups -OCH3 is 1. The van der Waals surface area contributed by atoms with Gasteiger partial charge >= 0.3 is 0 Å². The predicted octanol–water partition coefficient (Wildman–Crippen LogP) is 1.83. The first-order valence-corrected chi connectivity index (χ1v) is 2.22. The highest BCUT2D eigenvalue weighted by Crippen LogP contribution is 1.87. The molecule has 0 spiro atoms. The van der Waals surface area contributed by atoms with E-state index in [1.165, 1.54) is 0 Å². The van der Waals surface area contributed by atoms with E-state index in [4.69, 9.17) is 9.52 Å². The van der Waals surface area contributed by atoms with Crippen molar-refractivity contribution in [1.82, 2.24) is 0 Å². The summed E-state index contributed by atoms with van der Waals surface area (Å²) in [5, 5.41) is 6.96. The van der Waals surface area contributed by atoms with Gasteiger partial charge in [-0.2, -0.15) is 0 Å². The van der Waals surface area contributed by atoms with Crippen molar-refractivity contribution in [3.05, 3.63) is 0 Å². The number of ether oxygens (including phenoxy) is 1. The molecule has 0 atom stereocenters.